The second kappa shape index (κ2) is 7.40. The van der Waals surface area contributed by atoms with Gasteiger partial charge in [0.15, 0.2) is 12.1 Å². The van der Waals surface area contributed by atoms with Gasteiger partial charge in [-0.05, 0) is 31.2 Å². The Morgan fingerprint density at radius 2 is 1.88 bits per heavy atom. The van der Waals surface area contributed by atoms with E-state index < -0.39 is 23.8 Å². The lowest BCUT2D eigenvalue weighted by Crippen LogP contribution is -2.38. The Morgan fingerprint density at radius 1 is 1.21 bits per heavy atom. The van der Waals surface area contributed by atoms with Gasteiger partial charge in [0.25, 0.3) is 11.8 Å². The molecule has 2 amide bonds. The largest absolute Gasteiger partial charge is 0.480 e. The van der Waals surface area contributed by atoms with Crippen LogP contribution in [0.25, 0.3) is 0 Å². The topological polar surface area (TPSA) is 122 Å². The van der Waals surface area contributed by atoms with E-state index >= 15 is 0 Å². The molecule has 1 heterocycles. The number of benzene rings is 1. The van der Waals surface area contributed by atoms with Crippen LogP contribution < -0.4 is 10.6 Å². The number of hydrogen-bond donors (Lipinski definition) is 3. The number of carbonyl (C=O) groups is 3. The minimum atomic E-state index is -1.12. The molecule has 0 radical (unpaired) electrons. The van der Waals surface area contributed by atoms with Crippen LogP contribution in [0.3, 0.4) is 0 Å². The SMILES string of the molecule is CCc1ocnc1C(=O)Nc1ccc(C(=O)N[C@H](C)C(=O)O)cc1. The first-order valence-electron chi connectivity index (χ1n) is 7.29. The van der Waals surface area contributed by atoms with E-state index in [2.05, 4.69) is 15.6 Å². The lowest BCUT2D eigenvalue weighted by Gasteiger charge is -2.10. The van der Waals surface area contributed by atoms with Gasteiger partial charge < -0.3 is 20.2 Å². The van der Waals surface area contributed by atoms with Crippen molar-refractivity contribution in [1.29, 1.82) is 0 Å². The molecule has 8 heteroatoms. The summed E-state index contributed by atoms with van der Waals surface area (Å²) >= 11 is 0. The maximum atomic E-state index is 12.1. The molecule has 0 unspecified atom stereocenters. The summed E-state index contributed by atoms with van der Waals surface area (Å²) in [6.45, 7) is 3.22. The van der Waals surface area contributed by atoms with E-state index in [1.807, 2.05) is 6.92 Å². The number of aryl methyl sites for hydroxylation is 1. The molecule has 24 heavy (non-hydrogen) atoms. The minimum Gasteiger partial charge on any atom is -0.480 e. The number of aliphatic carboxylic acids is 1. The fourth-order valence-corrected chi connectivity index (χ4v) is 1.94. The molecular formula is C16H17N3O5. The van der Waals surface area contributed by atoms with Crippen LogP contribution in [0.15, 0.2) is 35.1 Å². The monoisotopic (exact) mass is 331 g/mol. The molecule has 0 aliphatic carbocycles. The molecule has 2 aromatic rings. The fraction of sp³-hybridized carbons (Fsp3) is 0.250. The molecular weight excluding hydrogens is 314 g/mol. The van der Waals surface area contributed by atoms with Crippen molar-refractivity contribution in [2.75, 3.05) is 5.32 Å². The Hall–Kier alpha value is -3.16. The molecule has 0 fully saturated rings. The van der Waals surface area contributed by atoms with E-state index in [0.717, 1.165) is 0 Å². The van der Waals surface area contributed by atoms with Crippen molar-refractivity contribution in [3.05, 3.63) is 47.7 Å². The average Bonchev–Trinajstić information content (AvgIpc) is 3.04. The number of hydrogen-bond acceptors (Lipinski definition) is 5. The first-order chi connectivity index (χ1) is 11.4. The molecule has 3 N–H and O–H groups in total. The zero-order valence-electron chi connectivity index (χ0n) is 13.2. The number of oxazole rings is 1. The van der Waals surface area contributed by atoms with Crippen molar-refractivity contribution in [2.24, 2.45) is 0 Å². The number of carboxylic acids is 1. The van der Waals surface area contributed by atoms with Crippen LogP contribution >= 0.6 is 0 Å². The first kappa shape index (κ1) is 17.2. The lowest BCUT2D eigenvalue weighted by atomic mass is 10.1. The predicted molar refractivity (Wildman–Crippen MR) is 84.8 cm³/mol. The van der Waals surface area contributed by atoms with Gasteiger partial charge in [-0.25, -0.2) is 4.98 Å². The highest BCUT2D eigenvalue weighted by Crippen LogP contribution is 2.13. The third-order valence-corrected chi connectivity index (χ3v) is 3.30. The number of anilines is 1. The molecule has 0 bridgehead atoms. The maximum Gasteiger partial charge on any atom is 0.325 e. The third kappa shape index (κ3) is 3.97. The van der Waals surface area contributed by atoms with Gasteiger partial charge in [-0.2, -0.15) is 0 Å². The quantitative estimate of drug-likeness (QED) is 0.740. The molecule has 1 atom stereocenters. The van der Waals surface area contributed by atoms with Gasteiger partial charge >= 0.3 is 5.97 Å². The number of nitrogens with one attached hydrogen (secondary N) is 2. The zero-order chi connectivity index (χ0) is 17.7. The van der Waals surface area contributed by atoms with E-state index in [9.17, 15) is 14.4 Å². The standard InChI is InChI=1S/C16H17N3O5/c1-3-12-13(17-8-24-12)15(21)19-11-6-4-10(5-7-11)14(20)18-9(2)16(22)23/h4-9H,3H2,1-2H3,(H,18,20)(H,19,21)(H,22,23)/t9-/m1/s1. The molecule has 0 aliphatic rings. The van der Waals surface area contributed by atoms with Crippen molar-refractivity contribution >= 4 is 23.5 Å². The van der Waals surface area contributed by atoms with Gasteiger partial charge in [-0.15, -0.1) is 0 Å². The second-order valence-electron chi connectivity index (χ2n) is 5.04. The van der Waals surface area contributed by atoms with Gasteiger partial charge in [0.1, 0.15) is 11.8 Å². The molecule has 0 saturated carbocycles. The Morgan fingerprint density at radius 3 is 2.46 bits per heavy atom. The second-order valence-corrected chi connectivity index (χ2v) is 5.04. The molecule has 1 aromatic carbocycles. The molecule has 0 aliphatic heterocycles. The van der Waals surface area contributed by atoms with Gasteiger partial charge in [-0.3, -0.25) is 14.4 Å². The van der Waals surface area contributed by atoms with Crippen LogP contribution in [0.5, 0.6) is 0 Å². The van der Waals surface area contributed by atoms with Crippen molar-refractivity contribution in [3.8, 4) is 0 Å². The summed E-state index contributed by atoms with van der Waals surface area (Å²) in [7, 11) is 0. The van der Waals surface area contributed by atoms with Crippen molar-refractivity contribution in [3.63, 3.8) is 0 Å². The third-order valence-electron chi connectivity index (χ3n) is 3.30. The van der Waals surface area contributed by atoms with Crippen LogP contribution in [-0.2, 0) is 11.2 Å². The molecule has 126 valence electrons. The van der Waals surface area contributed by atoms with Crippen molar-refractivity contribution < 1.29 is 23.9 Å². The van der Waals surface area contributed by atoms with Gasteiger partial charge in [0.05, 0.1) is 0 Å². The summed E-state index contributed by atoms with van der Waals surface area (Å²) in [6.07, 6.45) is 1.76. The number of carbonyl (C=O) groups excluding carboxylic acids is 2. The van der Waals surface area contributed by atoms with E-state index in [-0.39, 0.29) is 11.3 Å². The summed E-state index contributed by atoms with van der Waals surface area (Å²) in [4.78, 5) is 38.6. The molecule has 2 rings (SSSR count). The fourth-order valence-electron chi connectivity index (χ4n) is 1.94. The highest BCUT2D eigenvalue weighted by Gasteiger charge is 2.17. The van der Waals surface area contributed by atoms with Crippen LogP contribution in [0.2, 0.25) is 0 Å². The maximum absolute atomic E-state index is 12.1. The van der Waals surface area contributed by atoms with E-state index in [1.54, 1.807) is 12.1 Å². The van der Waals surface area contributed by atoms with E-state index in [1.165, 1.54) is 25.5 Å². The first-order valence-corrected chi connectivity index (χ1v) is 7.29. The number of rotatable bonds is 6. The summed E-state index contributed by atoms with van der Waals surface area (Å²) in [5.74, 6) is -1.54. The zero-order valence-corrected chi connectivity index (χ0v) is 13.2. The molecule has 1 aromatic heterocycles. The van der Waals surface area contributed by atoms with Crippen LogP contribution in [-0.4, -0.2) is 33.9 Å². The van der Waals surface area contributed by atoms with Crippen molar-refractivity contribution in [2.45, 2.75) is 26.3 Å². The molecule has 8 nitrogen and oxygen atoms in total. The Balaban J connectivity index is 2.03. The Bertz CT molecular complexity index is 751. The highest BCUT2D eigenvalue weighted by atomic mass is 16.4. The molecule has 0 spiro atoms. The highest BCUT2D eigenvalue weighted by molar-refractivity contribution is 6.04. The summed E-state index contributed by atoms with van der Waals surface area (Å²) in [5.41, 5.74) is 0.985. The number of aromatic nitrogens is 1. The van der Waals surface area contributed by atoms with Gasteiger partial charge in [-0.1, -0.05) is 6.92 Å². The average molecular weight is 331 g/mol. The van der Waals surface area contributed by atoms with Gasteiger partial charge in [0.2, 0.25) is 0 Å². The smallest absolute Gasteiger partial charge is 0.325 e. The van der Waals surface area contributed by atoms with E-state index in [0.29, 0.717) is 17.9 Å². The minimum absolute atomic E-state index is 0.217. The summed E-state index contributed by atoms with van der Waals surface area (Å²) in [5, 5.41) is 13.8. The van der Waals surface area contributed by atoms with E-state index in [4.69, 9.17) is 9.52 Å². The van der Waals surface area contributed by atoms with Gasteiger partial charge in [0, 0.05) is 17.7 Å². The Labute approximate surface area is 137 Å². The normalized spacial score (nSPS) is 11.6. The molecule has 0 saturated heterocycles. The van der Waals surface area contributed by atoms with Crippen LogP contribution in [0.1, 0.15) is 40.5 Å². The number of amides is 2. The summed E-state index contributed by atoms with van der Waals surface area (Å²) in [6, 6.07) is 5.08. The Kier molecular flexibility index (Phi) is 5.31. The van der Waals surface area contributed by atoms with Crippen molar-refractivity contribution in [1.82, 2.24) is 10.3 Å². The number of carboxylic acid groups (broad SMARTS) is 1. The predicted octanol–water partition coefficient (Wildman–Crippen LogP) is 1.69. The number of nitrogens with zero attached hydrogens (tertiary/aromatic N) is 1. The van der Waals surface area contributed by atoms with Crippen LogP contribution in [0, 0.1) is 0 Å². The van der Waals surface area contributed by atoms with Crippen LogP contribution in [0.4, 0.5) is 5.69 Å². The summed E-state index contributed by atoms with van der Waals surface area (Å²) < 4.78 is 5.11. The lowest BCUT2D eigenvalue weighted by molar-refractivity contribution is -0.138.